The molecule has 0 aliphatic heterocycles. The van der Waals surface area contributed by atoms with Crippen molar-refractivity contribution in [1.29, 1.82) is 0 Å². The second kappa shape index (κ2) is 7.98. The average Bonchev–Trinajstić information content (AvgIpc) is 2.45. The molecule has 0 atom stereocenters. The fraction of sp³-hybridized carbons (Fsp3) is 0.462. The summed E-state index contributed by atoms with van der Waals surface area (Å²) in [6.45, 7) is 2.16. The number of sulfonamides is 1. The first-order chi connectivity index (χ1) is 9.51. The summed E-state index contributed by atoms with van der Waals surface area (Å²) in [6.07, 6.45) is 0.747. The molecule has 0 spiro atoms. The fourth-order valence-electron chi connectivity index (χ4n) is 1.70. The Bertz CT molecular complexity index is 510. The molecule has 1 rings (SSSR count). The molecule has 0 heterocycles. The Labute approximate surface area is 119 Å². The highest BCUT2D eigenvalue weighted by Crippen LogP contribution is 2.06. The average molecular weight is 300 g/mol. The molecular weight excluding hydrogens is 280 g/mol. The number of rotatable bonds is 8. The zero-order valence-electron chi connectivity index (χ0n) is 11.4. The number of aliphatic hydroxyl groups excluding tert-OH is 1. The maximum absolute atomic E-state index is 11.9. The first-order valence-electron chi connectivity index (χ1n) is 6.44. The molecule has 6 nitrogen and oxygen atoms in total. The van der Waals surface area contributed by atoms with Crippen LogP contribution in [0.5, 0.6) is 0 Å². The van der Waals surface area contributed by atoms with Gasteiger partial charge in [-0.05, 0) is 18.6 Å². The van der Waals surface area contributed by atoms with E-state index in [2.05, 4.69) is 4.72 Å². The van der Waals surface area contributed by atoms with Crippen LogP contribution < -0.4 is 4.72 Å². The van der Waals surface area contributed by atoms with Crippen molar-refractivity contribution in [3.05, 3.63) is 30.3 Å². The van der Waals surface area contributed by atoms with Crippen LogP contribution in [0.4, 0.5) is 0 Å². The summed E-state index contributed by atoms with van der Waals surface area (Å²) in [4.78, 5) is 13.4. The van der Waals surface area contributed by atoms with Crippen LogP contribution in [-0.4, -0.2) is 50.6 Å². The topological polar surface area (TPSA) is 86.7 Å². The molecule has 7 heteroatoms. The summed E-state index contributed by atoms with van der Waals surface area (Å²) < 4.78 is 26.2. The van der Waals surface area contributed by atoms with Gasteiger partial charge in [0.05, 0.1) is 18.0 Å². The van der Waals surface area contributed by atoms with Gasteiger partial charge in [0.25, 0.3) is 0 Å². The predicted octanol–water partition coefficient (Wildman–Crippen LogP) is 0.196. The minimum atomic E-state index is -3.68. The van der Waals surface area contributed by atoms with E-state index >= 15 is 0 Å². The molecule has 1 aromatic carbocycles. The van der Waals surface area contributed by atoms with Gasteiger partial charge in [-0.1, -0.05) is 25.1 Å². The van der Waals surface area contributed by atoms with E-state index in [1.165, 1.54) is 17.0 Å². The molecular formula is C13H20N2O4S. The van der Waals surface area contributed by atoms with Crippen molar-refractivity contribution >= 4 is 15.9 Å². The van der Waals surface area contributed by atoms with Gasteiger partial charge in [-0.25, -0.2) is 13.1 Å². The molecule has 0 saturated carbocycles. The third-order valence-corrected chi connectivity index (χ3v) is 4.10. The molecule has 0 bridgehead atoms. The predicted molar refractivity (Wildman–Crippen MR) is 75.6 cm³/mol. The van der Waals surface area contributed by atoms with Gasteiger partial charge in [-0.3, -0.25) is 4.79 Å². The van der Waals surface area contributed by atoms with E-state index in [0.717, 1.165) is 6.42 Å². The van der Waals surface area contributed by atoms with Crippen molar-refractivity contribution in [2.75, 3.05) is 26.2 Å². The van der Waals surface area contributed by atoms with E-state index in [1.54, 1.807) is 18.2 Å². The zero-order valence-corrected chi connectivity index (χ0v) is 12.3. The standard InChI is InChI=1S/C13H20N2O4S/c1-2-8-15(9-10-16)13(17)11-14-20(18,19)12-6-4-3-5-7-12/h3-7,14,16H,2,8-11H2,1H3. The van der Waals surface area contributed by atoms with Crippen LogP contribution >= 0.6 is 0 Å². The summed E-state index contributed by atoms with van der Waals surface area (Å²) in [7, 11) is -3.68. The number of carbonyl (C=O) groups is 1. The van der Waals surface area contributed by atoms with Crippen LogP contribution in [0.15, 0.2) is 35.2 Å². The second-order valence-corrected chi connectivity index (χ2v) is 6.01. The molecule has 112 valence electrons. The second-order valence-electron chi connectivity index (χ2n) is 4.24. The largest absolute Gasteiger partial charge is 0.395 e. The van der Waals surface area contributed by atoms with E-state index in [0.29, 0.717) is 6.54 Å². The Morgan fingerprint density at radius 3 is 2.45 bits per heavy atom. The van der Waals surface area contributed by atoms with Crippen molar-refractivity contribution in [3.63, 3.8) is 0 Å². The van der Waals surface area contributed by atoms with Crippen molar-refractivity contribution in [2.24, 2.45) is 0 Å². The highest BCUT2D eigenvalue weighted by Gasteiger charge is 2.17. The maximum Gasteiger partial charge on any atom is 0.241 e. The van der Waals surface area contributed by atoms with Gasteiger partial charge in [0.1, 0.15) is 0 Å². The van der Waals surface area contributed by atoms with E-state index < -0.39 is 10.0 Å². The highest BCUT2D eigenvalue weighted by molar-refractivity contribution is 7.89. The van der Waals surface area contributed by atoms with Gasteiger partial charge in [0, 0.05) is 13.1 Å². The number of aliphatic hydroxyl groups is 1. The van der Waals surface area contributed by atoms with Gasteiger partial charge in [-0.15, -0.1) is 0 Å². The Hall–Kier alpha value is -1.44. The fourth-order valence-corrected chi connectivity index (χ4v) is 2.70. The summed E-state index contributed by atoms with van der Waals surface area (Å²) in [5, 5.41) is 8.89. The summed E-state index contributed by atoms with van der Waals surface area (Å²) in [5.74, 6) is -0.347. The highest BCUT2D eigenvalue weighted by atomic mass is 32.2. The minimum Gasteiger partial charge on any atom is -0.395 e. The molecule has 0 aromatic heterocycles. The van der Waals surface area contributed by atoms with E-state index in [4.69, 9.17) is 5.11 Å². The summed E-state index contributed by atoms with van der Waals surface area (Å²) >= 11 is 0. The Morgan fingerprint density at radius 2 is 1.90 bits per heavy atom. The van der Waals surface area contributed by atoms with Crippen LogP contribution in [0.3, 0.4) is 0 Å². The van der Waals surface area contributed by atoms with E-state index in [9.17, 15) is 13.2 Å². The maximum atomic E-state index is 11.9. The minimum absolute atomic E-state index is 0.122. The van der Waals surface area contributed by atoms with E-state index in [-0.39, 0.29) is 30.5 Å². The Kier molecular flexibility index (Phi) is 6.63. The van der Waals surface area contributed by atoms with Gasteiger partial charge in [0.15, 0.2) is 0 Å². The van der Waals surface area contributed by atoms with Crippen LogP contribution in [0.2, 0.25) is 0 Å². The van der Waals surface area contributed by atoms with Gasteiger partial charge in [0.2, 0.25) is 15.9 Å². The van der Waals surface area contributed by atoms with Crippen LogP contribution in [-0.2, 0) is 14.8 Å². The molecule has 20 heavy (non-hydrogen) atoms. The molecule has 0 aliphatic rings. The number of hydrogen-bond donors (Lipinski definition) is 2. The van der Waals surface area contributed by atoms with Crippen molar-refractivity contribution in [2.45, 2.75) is 18.2 Å². The number of nitrogens with one attached hydrogen (secondary N) is 1. The number of hydrogen-bond acceptors (Lipinski definition) is 4. The monoisotopic (exact) mass is 300 g/mol. The lowest BCUT2D eigenvalue weighted by Crippen LogP contribution is -2.41. The lowest BCUT2D eigenvalue weighted by atomic mass is 10.4. The summed E-state index contributed by atoms with van der Waals surface area (Å²) in [5.41, 5.74) is 0. The first kappa shape index (κ1) is 16.6. The quantitative estimate of drug-likeness (QED) is 0.718. The lowest BCUT2D eigenvalue weighted by molar-refractivity contribution is -0.130. The molecule has 0 saturated heterocycles. The number of nitrogens with zero attached hydrogens (tertiary/aromatic N) is 1. The molecule has 0 radical (unpaired) electrons. The number of benzene rings is 1. The number of carbonyl (C=O) groups excluding carboxylic acids is 1. The van der Waals surface area contributed by atoms with Crippen molar-refractivity contribution in [1.82, 2.24) is 9.62 Å². The van der Waals surface area contributed by atoms with Crippen LogP contribution in [0.1, 0.15) is 13.3 Å². The third-order valence-electron chi connectivity index (χ3n) is 2.68. The van der Waals surface area contributed by atoms with Crippen LogP contribution in [0, 0.1) is 0 Å². The normalized spacial score (nSPS) is 11.3. The molecule has 1 amide bonds. The van der Waals surface area contributed by atoms with E-state index in [1.807, 2.05) is 6.92 Å². The lowest BCUT2D eigenvalue weighted by Gasteiger charge is -2.21. The molecule has 0 unspecified atom stereocenters. The van der Waals surface area contributed by atoms with Gasteiger partial charge < -0.3 is 10.0 Å². The van der Waals surface area contributed by atoms with Crippen molar-refractivity contribution in [3.8, 4) is 0 Å². The molecule has 0 fully saturated rings. The smallest absolute Gasteiger partial charge is 0.241 e. The molecule has 1 aromatic rings. The zero-order chi connectivity index (χ0) is 15.0. The third kappa shape index (κ3) is 4.92. The Balaban J connectivity index is 2.63. The first-order valence-corrected chi connectivity index (χ1v) is 7.93. The SMILES string of the molecule is CCCN(CCO)C(=O)CNS(=O)(=O)c1ccccc1. The van der Waals surface area contributed by atoms with Crippen LogP contribution in [0.25, 0.3) is 0 Å². The Morgan fingerprint density at radius 1 is 1.25 bits per heavy atom. The molecule has 0 aliphatic carbocycles. The van der Waals surface area contributed by atoms with Crippen molar-refractivity contribution < 1.29 is 18.3 Å². The number of amides is 1. The van der Waals surface area contributed by atoms with Gasteiger partial charge in [-0.2, -0.15) is 0 Å². The van der Waals surface area contributed by atoms with Gasteiger partial charge >= 0.3 is 0 Å². The summed E-state index contributed by atoms with van der Waals surface area (Å²) in [6, 6.07) is 7.88. The molecule has 2 N–H and O–H groups in total.